The minimum atomic E-state index is -0.305. The second-order valence-electron chi connectivity index (χ2n) is 5.65. The maximum absolute atomic E-state index is 12.0. The Labute approximate surface area is 166 Å². The van der Waals surface area contributed by atoms with Gasteiger partial charge in [0.25, 0.3) is 5.91 Å². The molecule has 0 unspecified atom stereocenters. The van der Waals surface area contributed by atoms with E-state index in [-0.39, 0.29) is 17.6 Å². The standard InChI is InChI=1S/C20H17ClN2O3S/c21-15-5-9-17(10-6-15)27-13-19(24)22-12-14-3-7-16(8-4-14)23-20(25)18-2-1-11-26-18/h1-11H,12-13H2,(H,22,24)(H,23,25). The van der Waals surface area contributed by atoms with Gasteiger partial charge in [0.1, 0.15) is 0 Å². The van der Waals surface area contributed by atoms with E-state index in [2.05, 4.69) is 10.6 Å². The van der Waals surface area contributed by atoms with Crippen molar-refractivity contribution >= 4 is 40.9 Å². The van der Waals surface area contributed by atoms with E-state index in [0.717, 1.165) is 10.5 Å². The molecule has 0 saturated heterocycles. The monoisotopic (exact) mass is 400 g/mol. The fourth-order valence-corrected chi connectivity index (χ4v) is 3.09. The number of hydrogen-bond acceptors (Lipinski definition) is 4. The Morgan fingerprint density at radius 1 is 1.00 bits per heavy atom. The van der Waals surface area contributed by atoms with Crippen LogP contribution in [-0.2, 0) is 11.3 Å². The van der Waals surface area contributed by atoms with Gasteiger partial charge in [-0.05, 0) is 54.1 Å². The number of benzene rings is 2. The average molecular weight is 401 g/mol. The highest BCUT2D eigenvalue weighted by Gasteiger charge is 2.08. The molecule has 0 bridgehead atoms. The van der Waals surface area contributed by atoms with Crippen LogP contribution in [0.15, 0.2) is 76.2 Å². The molecule has 2 aromatic carbocycles. The minimum absolute atomic E-state index is 0.0508. The fourth-order valence-electron chi connectivity index (χ4n) is 2.24. The molecule has 0 aliphatic carbocycles. The van der Waals surface area contributed by atoms with Crippen LogP contribution in [0.3, 0.4) is 0 Å². The lowest BCUT2D eigenvalue weighted by Gasteiger charge is -2.07. The van der Waals surface area contributed by atoms with E-state index in [4.69, 9.17) is 16.0 Å². The van der Waals surface area contributed by atoms with Gasteiger partial charge in [0, 0.05) is 22.2 Å². The van der Waals surface area contributed by atoms with Crippen molar-refractivity contribution in [2.45, 2.75) is 11.4 Å². The van der Waals surface area contributed by atoms with Crippen LogP contribution >= 0.6 is 23.4 Å². The second kappa shape index (κ2) is 9.30. The highest BCUT2D eigenvalue weighted by atomic mass is 35.5. The van der Waals surface area contributed by atoms with E-state index in [1.165, 1.54) is 18.0 Å². The van der Waals surface area contributed by atoms with Crippen molar-refractivity contribution in [2.75, 3.05) is 11.1 Å². The first kappa shape index (κ1) is 19.1. The molecule has 7 heteroatoms. The Hall–Kier alpha value is -2.70. The summed E-state index contributed by atoms with van der Waals surface area (Å²) in [5.74, 6) is 0.230. The molecule has 0 fully saturated rings. The summed E-state index contributed by atoms with van der Waals surface area (Å²) in [6.07, 6.45) is 1.45. The van der Waals surface area contributed by atoms with Crippen LogP contribution in [-0.4, -0.2) is 17.6 Å². The third-order valence-electron chi connectivity index (χ3n) is 3.63. The van der Waals surface area contributed by atoms with Crippen molar-refractivity contribution in [3.63, 3.8) is 0 Å². The normalized spacial score (nSPS) is 10.4. The predicted octanol–water partition coefficient (Wildman–Crippen LogP) is 4.59. The number of hydrogen-bond donors (Lipinski definition) is 2. The van der Waals surface area contributed by atoms with E-state index in [1.807, 2.05) is 24.3 Å². The molecule has 2 N–H and O–H groups in total. The van der Waals surface area contributed by atoms with Crippen LogP contribution in [0.2, 0.25) is 5.02 Å². The zero-order chi connectivity index (χ0) is 19.1. The maximum atomic E-state index is 12.0. The van der Waals surface area contributed by atoms with Crippen molar-refractivity contribution < 1.29 is 14.0 Å². The summed E-state index contributed by atoms with van der Waals surface area (Å²) in [6.45, 7) is 0.423. The SMILES string of the molecule is O=C(CSc1ccc(Cl)cc1)NCc1ccc(NC(=O)c2ccco2)cc1. The molecule has 138 valence electrons. The highest BCUT2D eigenvalue weighted by Crippen LogP contribution is 2.20. The Balaban J connectivity index is 1.43. The summed E-state index contributed by atoms with van der Waals surface area (Å²) >= 11 is 7.29. The Morgan fingerprint density at radius 2 is 1.74 bits per heavy atom. The molecule has 3 rings (SSSR count). The largest absolute Gasteiger partial charge is 0.459 e. The summed E-state index contributed by atoms with van der Waals surface area (Å²) in [7, 11) is 0. The smallest absolute Gasteiger partial charge is 0.291 e. The number of rotatable bonds is 7. The lowest BCUT2D eigenvalue weighted by molar-refractivity contribution is -0.118. The summed E-state index contributed by atoms with van der Waals surface area (Å²) in [5, 5.41) is 6.29. The number of carbonyl (C=O) groups is 2. The third kappa shape index (κ3) is 5.91. The van der Waals surface area contributed by atoms with Crippen molar-refractivity contribution in [2.24, 2.45) is 0 Å². The Morgan fingerprint density at radius 3 is 2.41 bits per heavy atom. The number of halogens is 1. The second-order valence-corrected chi connectivity index (χ2v) is 7.13. The molecule has 0 radical (unpaired) electrons. The zero-order valence-electron chi connectivity index (χ0n) is 14.3. The molecular weight excluding hydrogens is 384 g/mol. The van der Waals surface area contributed by atoms with E-state index in [1.54, 1.807) is 36.4 Å². The zero-order valence-corrected chi connectivity index (χ0v) is 15.8. The van der Waals surface area contributed by atoms with E-state index < -0.39 is 0 Å². The van der Waals surface area contributed by atoms with Crippen LogP contribution in [0.4, 0.5) is 5.69 Å². The van der Waals surface area contributed by atoms with Crippen molar-refractivity contribution in [1.82, 2.24) is 5.32 Å². The van der Waals surface area contributed by atoms with Gasteiger partial charge < -0.3 is 15.1 Å². The van der Waals surface area contributed by atoms with Crippen molar-refractivity contribution in [3.8, 4) is 0 Å². The summed E-state index contributed by atoms with van der Waals surface area (Å²) in [6, 6.07) is 17.9. The van der Waals surface area contributed by atoms with Gasteiger partial charge in [0.15, 0.2) is 5.76 Å². The maximum Gasteiger partial charge on any atom is 0.291 e. The molecule has 0 atom stereocenters. The van der Waals surface area contributed by atoms with Crippen molar-refractivity contribution in [1.29, 1.82) is 0 Å². The van der Waals surface area contributed by atoms with Gasteiger partial charge in [-0.3, -0.25) is 9.59 Å². The van der Waals surface area contributed by atoms with Gasteiger partial charge >= 0.3 is 0 Å². The first-order valence-corrected chi connectivity index (χ1v) is 9.55. The molecule has 5 nitrogen and oxygen atoms in total. The molecule has 0 aliphatic rings. The minimum Gasteiger partial charge on any atom is -0.459 e. The topological polar surface area (TPSA) is 71.3 Å². The first-order valence-electron chi connectivity index (χ1n) is 8.19. The first-order chi connectivity index (χ1) is 13.1. The molecule has 0 aliphatic heterocycles. The summed E-state index contributed by atoms with van der Waals surface area (Å²) < 4.78 is 5.05. The number of anilines is 1. The lowest BCUT2D eigenvalue weighted by Crippen LogP contribution is -2.24. The summed E-state index contributed by atoms with van der Waals surface area (Å²) in [5.41, 5.74) is 1.60. The van der Waals surface area contributed by atoms with Gasteiger partial charge in [-0.15, -0.1) is 11.8 Å². The van der Waals surface area contributed by atoms with Crippen LogP contribution in [0.5, 0.6) is 0 Å². The number of nitrogens with one attached hydrogen (secondary N) is 2. The van der Waals surface area contributed by atoms with E-state index in [9.17, 15) is 9.59 Å². The Kier molecular flexibility index (Phi) is 6.57. The van der Waals surface area contributed by atoms with Crippen molar-refractivity contribution in [3.05, 3.63) is 83.3 Å². The van der Waals surface area contributed by atoms with Gasteiger partial charge in [-0.1, -0.05) is 23.7 Å². The molecule has 27 heavy (non-hydrogen) atoms. The van der Waals surface area contributed by atoms with Crippen LogP contribution in [0.25, 0.3) is 0 Å². The molecule has 1 aromatic heterocycles. The van der Waals surface area contributed by atoms with Gasteiger partial charge in [0.05, 0.1) is 12.0 Å². The number of thioether (sulfide) groups is 1. The van der Waals surface area contributed by atoms with Crippen LogP contribution < -0.4 is 10.6 Å². The lowest BCUT2D eigenvalue weighted by atomic mass is 10.2. The molecule has 0 saturated carbocycles. The highest BCUT2D eigenvalue weighted by molar-refractivity contribution is 8.00. The third-order valence-corrected chi connectivity index (χ3v) is 4.89. The predicted molar refractivity (Wildman–Crippen MR) is 107 cm³/mol. The number of carbonyl (C=O) groups excluding carboxylic acids is 2. The van der Waals surface area contributed by atoms with Gasteiger partial charge in [0.2, 0.25) is 5.91 Å². The Bertz CT molecular complexity index is 894. The molecular formula is C20H17ClN2O3S. The van der Waals surface area contributed by atoms with E-state index >= 15 is 0 Å². The van der Waals surface area contributed by atoms with Gasteiger partial charge in [-0.2, -0.15) is 0 Å². The fraction of sp³-hybridized carbons (Fsp3) is 0.100. The molecule has 1 heterocycles. The quantitative estimate of drug-likeness (QED) is 0.569. The number of furan rings is 1. The van der Waals surface area contributed by atoms with E-state index in [0.29, 0.717) is 23.0 Å². The molecule has 2 amide bonds. The van der Waals surface area contributed by atoms with Gasteiger partial charge in [-0.25, -0.2) is 0 Å². The summed E-state index contributed by atoms with van der Waals surface area (Å²) in [4.78, 5) is 24.9. The average Bonchev–Trinajstić information content (AvgIpc) is 3.22. The van der Waals surface area contributed by atoms with Crippen LogP contribution in [0, 0.1) is 0 Å². The number of amides is 2. The molecule has 3 aromatic rings. The molecule has 0 spiro atoms. The van der Waals surface area contributed by atoms with Crippen LogP contribution in [0.1, 0.15) is 16.1 Å².